The number of carbonyl (C=O) groups excluding carboxylic acids is 1. The number of rotatable bonds is 5. The van der Waals surface area contributed by atoms with Gasteiger partial charge in [-0.15, -0.1) is 11.8 Å². The number of carbonyl (C=O) groups is 1. The smallest absolute Gasteiger partial charge is 0.277 e. The van der Waals surface area contributed by atoms with Gasteiger partial charge >= 0.3 is 0 Å². The topological polar surface area (TPSA) is 123 Å². The Bertz CT molecular complexity index is 1160. The highest BCUT2D eigenvalue weighted by Crippen LogP contribution is 2.32. The standard InChI is InChI=1S/C19H17N5O5S2/c1-30-15-2-3-16-17(11-15)31-19(20-16)22-6-4-21(5-7-22)18(25)12-8-13(23(26)27)10-14(9-12)24(28)29/h2-3,8-11H,4-7H2,1H3. The van der Waals surface area contributed by atoms with Crippen LogP contribution in [0.2, 0.25) is 0 Å². The van der Waals surface area contributed by atoms with E-state index in [2.05, 4.69) is 16.0 Å². The van der Waals surface area contributed by atoms with Gasteiger partial charge in [0.05, 0.1) is 31.7 Å². The molecule has 0 radical (unpaired) electrons. The molecule has 3 aromatic rings. The number of anilines is 1. The van der Waals surface area contributed by atoms with E-state index in [1.54, 1.807) is 28.0 Å². The summed E-state index contributed by atoms with van der Waals surface area (Å²) in [6, 6.07) is 9.15. The molecule has 0 N–H and O–H groups in total. The van der Waals surface area contributed by atoms with E-state index in [9.17, 15) is 25.0 Å². The molecule has 0 bridgehead atoms. The van der Waals surface area contributed by atoms with Crippen molar-refractivity contribution < 1.29 is 14.6 Å². The molecule has 1 fully saturated rings. The molecule has 1 saturated heterocycles. The van der Waals surface area contributed by atoms with Crippen molar-refractivity contribution in [3.63, 3.8) is 0 Å². The lowest BCUT2D eigenvalue weighted by molar-refractivity contribution is -0.394. The van der Waals surface area contributed by atoms with Crippen LogP contribution in [-0.4, -0.2) is 58.1 Å². The van der Waals surface area contributed by atoms with Gasteiger partial charge < -0.3 is 9.80 Å². The van der Waals surface area contributed by atoms with Crippen molar-refractivity contribution >= 4 is 55.7 Å². The third-order valence-electron chi connectivity index (χ3n) is 4.99. The number of hydrogen-bond acceptors (Lipinski definition) is 9. The second-order valence-corrected chi connectivity index (χ2v) is 8.75. The molecule has 12 heteroatoms. The fourth-order valence-electron chi connectivity index (χ4n) is 3.37. The summed E-state index contributed by atoms with van der Waals surface area (Å²) in [6.45, 7) is 1.89. The third-order valence-corrected chi connectivity index (χ3v) is 6.80. The average Bonchev–Trinajstić information content (AvgIpc) is 3.21. The number of benzene rings is 2. The number of fused-ring (bicyclic) bond motifs is 1. The SMILES string of the molecule is CSc1ccc2nc(N3CCN(C(=O)c4cc([N+](=O)[O-])cc([N+](=O)[O-])c4)CC3)sc2c1. The quantitative estimate of drug-likeness (QED) is 0.321. The summed E-state index contributed by atoms with van der Waals surface area (Å²) in [5.74, 6) is -0.458. The Labute approximate surface area is 184 Å². The Morgan fingerprint density at radius 2 is 1.68 bits per heavy atom. The van der Waals surface area contributed by atoms with Crippen LogP contribution in [-0.2, 0) is 0 Å². The summed E-state index contributed by atoms with van der Waals surface area (Å²) in [6.07, 6.45) is 2.02. The fourth-order valence-corrected chi connectivity index (χ4v) is 4.94. The zero-order valence-corrected chi connectivity index (χ0v) is 18.0. The largest absolute Gasteiger partial charge is 0.345 e. The van der Waals surface area contributed by atoms with E-state index in [4.69, 9.17) is 0 Å². The first kappa shape index (κ1) is 21.0. The molecule has 31 heavy (non-hydrogen) atoms. The van der Waals surface area contributed by atoms with Crippen LogP contribution < -0.4 is 4.90 Å². The lowest BCUT2D eigenvalue weighted by Gasteiger charge is -2.34. The number of aromatic nitrogens is 1. The Balaban J connectivity index is 1.49. The normalized spacial score (nSPS) is 14.1. The van der Waals surface area contributed by atoms with Crippen molar-refractivity contribution in [3.05, 3.63) is 62.2 Å². The van der Waals surface area contributed by atoms with Crippen LogP contribution in [0.5, 0.6) is 0 Å². The predicted octanol–water partition coefficient (Wildman–Crippen LogP) is 3.80. The molecule has 0 aliphatic carbocycles. The van der Waals surface area contributed by atoms with E-state index < -0.39 is 27.1 Å². The molecule has 0 spiro atoms. The van der Waals surface area contributed by atoms with E-state index in [0.29, 0.717) is 26.2 Å². The minimum atomic E-state index is -0.739. The lowest BCUT2D eigenvalue weighted by Crippen LogP contribution is -2.48. The van der Waals surface area contributed by atoms with E-state index in [-0.39, 0.29) is 5.56 Å². The summed E-state index contributed by atoms with van der Waals surface area (Å²) in [4.78, 5) is 43.1. The van der Waals surface area contributed by atoms with E-state index in [1.165, 1.54) is 4.90 Å². The molecule has 10 nitrogen and oxygen atoms in total. The van der Waals surface area contributed by atoms with Crippen molar-refractivity contribution in [3.8, 4) is 0 Å². The van der Waals surface area contributed by atoms with Crippen LogP contribution in [0.15, 0.2) is 41.3 Å². The number of nitrogens with zero attached hydrogens (tertiary/aromatic N) is 5. The summed E-state index contributed by atoms with van der Waals surface area (Å²) < 4.78 is 1.10. The second kappa shape index (κ2) is 8.47. The molecular formula is C19H17N5O5S2. The fraction of sp³-hybridized carbons (Fsp3) is 0.263. The van der Waals surface area contributed by atoms with Gasteiger partial charge in [0.25, 0.3) is 17.3 Å². The third kappa shape index (κ3) is 4.30. The number of piperazine rings is 1. The zero-order valence-electron chi connectivity index (χ0n) is 16.4. The van der Waals surface area contributed by atoms with Crippen molar-refractivity contribution in [1.29, 1.82) is 0 Å². The molecule has 4 rings (SSSR count). The first-order valence-corrected chi connectivity index (χ1v) is 11.3. The Kier molecular flexibility index (Phi) is 5.74. The lowest BCUT2D eigenvalue weighted by atomic mass is 10.1. The van der Waals surface area contributed by atoms with E-state index in [0.717, 1.165) is 33.5 Å². The molecule has 1 aromatic heterocycles. The highest BCUT2D eigenvalue weighted by atomic mass is 32.2. The minimum absolute atomic E-state index is 0.0565. The van der Waals surface area contributed by atoms with Crippen LogP contribution in [0, 0.1) is 20.2 Å². The minimum Gasteiger partial charge on any atom is -0.345 e. The number of nitro benzene ring substituents is 2. The van der Waals surface area contributed by atoms with Crippen LogP contribution in [0.25, 0.3) is 10.2 Å². The van der Waals surface area contributed by atoms with Gasteiger partial charge in [-0.1, -0.05) is 11.3 Å². The summed E-state index contributed by atoms with van der Waals surface area (Å²) in [5.41, 5.74) is -0.0790. The van der Waals surface area contributed by atoms with Crippen LogP contribution in [0.1, 0.15) is 10.4 Å². The number of hydrogen-bond donors (Lipinski definition) is 0. The number of nitro groups is 2. The van der Waals surface area contributed by atoms with Gasteiger partial charge in [0.2, 0.25) is 0 Å². The summed E-state index contributed by atoms with van der Waals surface area (Å²) >= 11 is 3.27. The van der Waals surface area contributed by atoms with E-state index in [1.807, 2.05) is 18.4 Å². The molecular weight excluding hydrogens is 442 g/mol. The molecule has 1 aliphatic rings. The predicted molar refractivity (Wildman–Crippen MR) is 119 cm³/mol. The maximum Gasteiger partial charge on any atom is 0.277 e. The first-order valence-electron chi connectivity index (χ1n) is 9.28. The van der Waals surface area contributed by atoms with Crippen molar-refractivity contribution in [2.45, 2.75) is 4.90 Å². The maximum absolute atomic E-state index is 12.9. The molecule has 160 valence electrons. The molecule has 0 saturated carbocycles. The average molecular weight is 460 g/mol. The van der Waals surface area contributed by atoms with Crippen molar-refractivity contribution in [2.75, 3.05) is 37.3 Å². The molecule has 1 aliphatic heterocycles. The van der Waals surface area contributed by atoms with Gasteiger partial charge in [0.1, 0.15) is 0 Å². The Hall–Kier alpha value is -3.25. The molecule has 2 heterocycles. The van der Waals surface area contributed by atoms with Gasteiger partial charge in [0, 0.05) is 43.2 Å². The highest BCUT2D eigenvalue weighted by molar-refractivity contribution is 7.98. The maximum atomic E-state index is 12.9. The second-order valence-electron chi connectivity index (χ2n) is 6.86. The van der Waals surface area contributed by atoms with Crippen LogP contribution in [0.3, 0.4) is 0 Å². The number of non-ortho nitro benzene ring substituents is 2. The van der Waals surface area contributed by atoms with Crippen molar-refractivity contribution in [2.24, 2.45) is 0 Å². The number of thiazole rings is 1. The van der Waals surface area contributed by atoms with Gasteiger partial charge in [-0.2, -0.15) is 0 Å². The Morgan fingerprint density at radius 3 is 2.26 bits per heavy atom. The van der Waals surface area contributed by atoms with Gasteiger partial charge in [-0.05, 0) is 24.5 Å². The van der Waals surface area contributed by atoms with Crippen LogP contribution in [0.4, 0.5) is 16.5 Å². The number of amides is 1. The molecule has 1 amide bonds. The monoisotopic (exact) mass is 459 g/mol. The van der Waals surface area contributed by atoms with Crippen molar-refractivity contribution in [1.82, 2.24) is 9.88 Å². The molecule has 0 atom stereocenters. The molecule has 2 aromatic carbocycles. The van der Waals surface area contributed by atoms with Gasteiger partial charge in [-0.25, -0.2) is 4.98 Å². The first-order chi connectivity index (χ1) is 14.9. The number of thioether (sulfide) groups is 1. The highest BCUT2D eigenvalue weighted by Gasteiger charge is 2.27. The Morgan fingerprint density at radius 1 is 1.03 bits per heavy atom. The summed E-state index contributed by atoms with van der Waals surface area (Å²) in [7, 11) is 0. The molecule has 0 unspecified atom stereocenters. The van der Waals surface area contributed by atoms with Crippen LogP contribution >= 0.6 is 23.1 Å². The zero-order chi connectivity index (χ0) is 22.1. The van der Waals surface area contributed by atoms with Gasteiger partial charge in [0.15, 0.2) is 5.13 Å². The summed E-state index contributed by atoms with van der Waals surface area (Å²) in [5, 5.41) is 23.1. The van der Waals surface area contributed by atoms with E-state index >= 15 is 0 Å². The van der Waals surface area contributed by atoms with Gasteiger partial charge in [-0.3, -0.25) is 25.0 Å².